The molecule has 2 rings (SSSR count). The first-order chi connectivity index (χ1) is 9.72. The third kappa shape index (κ3) is 3.53. The van der Waals surface area contributed by atoms with Gasteiger partial charge in [-0.25, -0.2) is 9.97 Å². The third-order valence-electron chi connectivity index (χ3n) is 3.22. The van der Waals surface area contributed by atoms with Crippen LogP contribution in [0.15, 0.2) is 6.33 Å². The van der Waals surface area contributed by atoms with Gasteiger partial charge < -0.3 is 15.4 Å². The van der Waals surface area contributed by atoms with Crippen LogP contribution in [0.25, 0.3) is 0 Å². The molecule has 1 aliphatic rings. The smallest absolute Gasteiger partial charge is 0.353 e. The quantitative estimate of drug-likeness (QED) is 0.578. The van der Waals surface area contributed by atoms with Crippen molar-refractivity contribution in [1.29, 1.82) is 0 Å². The van der Waals surface area contributed by atoms with Gasteiger partial charge >= 0.3 is 5.69 Å². The number of rotatable bonds is 7. The zero-order valence-electron chi connectivity index (χ0n) is 11.5. The molecular weight excluding hydrogens is 262 g/mol. The lowest BCUT2D eigenvalue weighted by Gasteiger charge is -2.10. The van der Waals surface area contributed by atoms with Crippen LogP contribution in [-0.4, -0.2) is 41.2 Å². The molecule has 0 amide bonds. The van der Waals surface area contributed by atoms with Crippen molar-refractivity contribution in [3.05, 3.63) is 16.4 Å². The van der Waals surface area contributed by atoms with E-state index in [0.717, 1.165) is 26.1 Å². The second kappa shape index (κ2) is 6.99. The summed E-state index contributed by atoms with van der Waals surface area (Å²) >= 11 is 0. The van der Waals surface area contributed by atoms with Crippen molar-refractivity contribution in [3.8, 4) is 0 Å². The Morgan fingerprint density at radius 1 is 1.45 bits per heavy atom. The van der Waals surface area contributed by atoms with Crippen molar-refractivity contribution in [2.45, 2.75) is 19.8 Å². The Morgan fingerprint density at radius 2 is 2.20 bits per heavy atom. The van der Waals surface area contributed by atoms with E-state index in [1.165, 1.54) is 6.33 Å². The number of nitrogens with one attached hydrogen (secondary N) is 2. The molecule has 1 atom stereocenters. The summed E-state index contributed by atoms with van der Waals surface area (Å²) in [7, 11) is 0. The Labute approximate surface area is 117 Å². The van der Waals surface area contributed by atoms with Gasteiger partial charge in [0.05, 0.1) is 4.92 Å². The Balaban J connectivity index is 2.01. The molecule has 0 saturated carbocycles. The van der Waals surface area contributed by atoms with Gasteiger partial charge in [-0.1, -0.05) is 0 Å². The van der Waals surface area contributed by atoms with Crippen LogP contribution in [0.2, 0.25) is 0 Å². The standard InChI is InChI=1S/C12H19N5O3/c1-2-13-11-10(17(18)19)12(16-8-15-11)14-5-3-9-4-6-20-7-9/h8-9H,2-7H2,1H3,(H2,13,14,15,16). The summed E-state index contributed by atoms with van der Waals surface area (Å²) in [6.07, 6.45) is 3.29. The third-order valence-corrected chi connectivity index (χ3v) is 3.22. The summed E-state index contributed by atoms with van der Waals surface area (Å²) in [5, 5.41) is 17.1. The number of nitrogens with zero attached hydrogens (tertiary/aromatic N) is 3. The summed E-state index contributed by atoms with van der Waals surface area (Å²) in [5.74, 6) is 1.04. The monoisotopic (exact) mass is 281 g/mol. The first-order valence-corrected chi connectivity index (χ1v) is 6.77. The number of aromatic nitrogens is 2. The van der Waals surface area contributed by atoms with Gasteiger partial charge in [0.2, 0.25) is 11.6 Å². The lowest BCUT2D eigenvalue weighted by Crippen LogP contribution is -2.13. The van der Waals surface area contributed by atoms with E-state index >= 15 is 0 Å². The predicted octanol–water partition coefficient (Wildman–Crippen LogP) is 1.66. The molecule has 1 fully saturated rings. The lowest BCUT2D eigenvalue weighted by molar-refractivity contribution is -0.383. The summed E-state index contributed by atoms with van der Waals surface area (Å²) in [5.41, 5.74) is -0.1000. The van der Waals surface area contributed by atoms with Crippen molar-refractivity contribution in [2.75, 3.05) is 36.9 Å². The zero-order chi connectivity index (χ0) is 14.4. The highest BCUT2D eigenvalue weighted by Gasteiger charge is 2.22. The van der Waals surface area contributed by atoms with Gasteiger partial charge in [0.15, 0.2) is 0 Å². The van der Waals surface area contributed by atoms with Gasteiger partial charge in [-0.05, 0) is 25.7 Å². The second-order valence-corrected chi connectivity index (χ2v) is 4.65. The summed E-state index contributed by atoms with van der Waals surface area (Å²) in [6, 6.07) is 0. The van der Waals surface area contributed by atoms with Gasteiger partial charge in [-0.3, -0.25) is 10.1 Å². The fraction of sp³-hybridized carbons (Fsp3) is 0.667. The van der Waals surface area contributed by atoms with Gasteiger partial charge in [-0.15, -0.1) is 0 Å². The number of nitro groups is 1. The van der Waals surface area contributed by atoms with Crippen LogP contribution in [0.5, 0.6) is 0 Å². The molecule has 8 nitrogen and oxygen atoms in total. The molecule has 1 saturated heterocycles. The Kier molecular flexibility index (Phi) is 5.05. The first-order valence-electron chi connectivity index (χ1n) is 6.77. The Morgan fingerprint density at radius 3 is 2.80 bits per heavy atom. The van der Waals surface area contributed by atoms with Gasteiger partial charge in [-0.2, -0.15) is 0 Å². The molecule has 110 valence electrons. The Bertz CT molecular complexity index is 462. The first kappa shape index (κ1) is 14.4. The molecule has 0 aromatic carbocycles. The van der Waals surface area contributed by atoms with Gasteiger partial charge in [0.1, 0.15) is 6.33 Å². The van der Waals surface area contributed by atoms with E-state index in [-0.39, 0.29) is 17.3 Å². The van der Waals surface area contributed by atoms with Crippen LogP contribution in [0.3, 0.4) is 0 Å². The highest BCUT2D eigenvalue weighted by Crippen LogP contribution is 2.28. The number of ether oxygens (including phenoxy) is 1. The largest absolute Gasteiger partial charge is 0.381 e. The van der Waals surface area contributed by atoms with E-state index in [9.17, 15) is 10.1 Å². The molecule has 0 bridgehead atoms. The second-order valence-electron chi connectivity index (χ2n) is 4.65. The normalized spacial score (nSPS) is 17.9. The molecule has 1 aromatic rings. The molecule has 2 N–H and O–H groups in total. The minimum Gasteiger partial charge on any atom is -0.381 e. The van der Waals surface area contributed by atoms with Crippen molar-refractivity contribution in [1.82, 2.24) is 9.97 Å². The van der Waals surface area contributed by atoms with Crippen LogP contribution >= 0.6 is 0 Å². The van der Waals surface area contributed by atoms with Crippen molar-refractivity contribution in [2.24, 2.45) is 5.92 Å². The molecule has 0 radical (unpaired) electrons. The topological polar surface area (TPSA) is 102 Å². The summed E-state index contributed by atoms with van der Waals surface area (Å²) in [6.45, 7) is 4.65. The molecule has 1 aliphatic heterocycles. The Hall–Kier alpha value is -1.96. The number of anilines is 2. The lowest BCUT2D eigenvalue weighted by atomic mass is 10.1. The van der Waals surface area contributed by atoms with E-state index < -0.39 is 4.92 Å². The van der Waals surface area contributed by atoms with Crippen molar-refractivity contribution < 1.29 is 9.66 Å². The maximum Gasteiger partial charge on any atom is 0.353 e. The maximum absolute atomic E-state index is 11.2. The molecule has 0 aliphatic carbocycles. The molecule has 1 aromatic heterocycles. The molecule has 20 heavy (non-hydrogen) atoms. The predicted molar refractivity (Wildman–Crippen MR) is 74.9 cm³/mol. The maximum atomic E-state index is 11.2. The van der Waals surface area contributed by atoms with E-state index in [1.807, 2.05) is 6.92 Å². The fourth-order valence-corrected chi connectivity index (χ4v) is 2.18. The van der Waals surface area contributed by atoms with Crippen LogP contribution in [-0.2, 0) is 4.74 Å². The fourth-order valence-electron chi connectivity index (χ4n) is 2.18. The number of hydrogen-bond donors (Lipinski definition) is 2. The average molecular weight is 281 g/mol. The molecule has 2 heterocycles. The molecule has 8 heteroatoms. The van der Waals surface area contributed by atoms with E-state index in [1.54, 1.807) is 0 Å². The molecule has 1 unspecified atom stereocenters. The van der Waals surface area contributed by atoms with Crippen LogP contribution in [0.1, 0.15) is 19.8 Å². The van der Waals surface area contributed by atoms with Crippen LogP contribution in [0.4, 0.5) is 17.3 Å². The van der Waals surface area contributed by atoms with E-state index in [0.29, 0.717) is 19.0 Å². The molecule has 0 spiro atoms. The van der Waals surface area contributed by atoms with E-state index in [2.05, 4.69) is 20.6 Å². The molecular formula is C12H19N5O3. The SMILES string of the molecule is CCNc1ncnc(NCCC2CCOC2)c1[N+](=O)[O-]. The van der Waals surface area contributed by atoms with Crippen LogP contribution < -0.4 is 10.6 Å². The van der Waals surface area contributed by atoms with Gasteiger partial charge in [0, 0.05) is 26.3 Å². The highest BCUT2D eigenvalue weighted by molar-refractivity contribution is 5.69. The van der Waals surface area contributed by atoms with Crippen molar-refractivity contribution >= 4 is 17.3 Å². The van der Waals surface area contributed by atoms with Crippen LogP contribution in [0, 0.1) is 16.0 Å². The minimum atomic E-state index is -0.459. The summed E-state index contributed by atoms with van der Waals surface area (Å²) in [4.78, 5) is 18.6. The highest BCUT2D eigenvalue weighted by atomic mass is 16.6. The van der Waals surface area contributed by atoms with Crippen molar-refractivity contribution in [3.63, 3.8) is 0 Å². The zero-order valence-corrected chi connectivity index (χ0v) is 11.5. The number of hydrogen-bond acceptors (Lipinski definition) is 7. The average Bonchev–Trinajstić information content (AvgIpc) is 2.92. The minimum absolute atomic E-state index is 0.1000. The van der Waals surface area contributed by atoms with E-state index in [4.69, 9.17) is 4.74 Å². The summed E-state index contributed by atoms with van der Waals surface area (Å²) < 4.78 is 5.30. The van der Waals surface area contributed by atoms with Gasteiger partial charge in [0.25, 0.3) is 0 Å².